The van der Waals surface area contributed by atoms with Crippen molar-refractivity contribution in [1.29, 1.82) is 0 Å². The number of alkyl halides is 3. The van der Waals surface area contributed by atoms with Crippen molar-refractivity contribution in [2.24, 2.45) is 0 Å². The van der Waals surface area contributed by atoms with Gasteiger partial charge in [-0.3, -0.25) is 9.88 Å². The zero-order valence-corrected chi connectivity index (χ0v) is 19.2. The van der Waals surface area contributed by atoms with Crippen molar-refractivity contribution in [3.8, 4) is 34.0 Å². The molecule has 2 aromatic heterocycles. The highest BCUT2D eigenvalue weighted by Crippen LogP contribution is 2.40. The Morgan fingerprint density at radius 3 is 2.54 bits per heavy atom. The Labute approximate surface area is 200 Å². The van der Waals surface area contributed by atoms with Crippen LogP contribution in [0.3, 0.4) is 0 Å². The number of aromatic nitrogens is 3. The summed E-state index contributed by atoms with van der Waals surface area (Å²) in [7, 11) is 1.82. The minimum absolute atomic E-state index is 0.0269. The van der Waals surface area contributed by atoms with Crippen LogP contribution in [-0.2, 0) is 12.7 Å². The summed E-state index contributed by atoms with van der Waals surface area (Å²) in [6.07, 6.45) is -1.35. The number of aliphatic hydroxyl groups excluding tert-OH is 1. The van der Waals surface area contributed by atoms with Crippen LogP contribution in [0.15, 0.2) is 77.8 Å². The first-order valence-electron chi connectivity index (χ1n) is 10.7. The van der Waals surface area contributed by atoms with E-state index < -0.39 is 11.7 Å². The van der Waals surface area contributed by atoms with Crippen LogP contribution < -0.4 is 0 Å². The Morgan fingerprint density at radius 2 is 1.83 bits per heavy atom. The number of benzene rings is 2. The van der Waals surface area contributed by atoms with E-state index >= 15 is 0 Å². The fourth-order valence-corrected chi connectivity index (χ4v) is 3.86. The largest absolute Gasteiger partial charge is 0.512 e. The molecule has 6 nitrogen and oxygen atoms in total. The molecule has 0 radical (unpaired) electrons. The van der Waals surface area contributed by atoms with Crippen LogP contribution in [0.2, 0.25) is 0 Å². The highest BCUT2D eigenvalue weighted by molar-refractivity contribution is 5.74. The normalized spacial score (nSPS) is 11.7. The molecule has 0 bridgehead atoms. The van der Waals surface area contributed by atoms with E-state index in [1.54, 1.807) is 55.7 Å². The van der Waals surface area contributed by atoms with E-state index in [-0.39, 0.29) is 28.6 Å². The molecule has 4 aromatic rings. The van der Waals surface area contributed by atoms with Gasteiger partial charge in [0.25, 0.3) is 5.89 Å². The van der Waals surface area contributed by atoms with Gasteiger partial charge >= 0.3 is 6.18 Å². The first-order chi connectivity index (χ1) is 16.6. The number of pyridine rings is 1. The summed E-state index contributed by atoms with van der Waals surface area (Å²) in [5, 5.41) is 13.3. The third kappa shape index (κ3) is 5.58. The average molecular weight is 480 g/mol. The zero-order chi connectivity index (χ0) is 25.2. The first kappa shape index (κ1) is 24.2. The van der Waals surface area contributed by atoms with Gasteiger partial charge in [-0.15, -0.1) is 0 Å². The number of halogens is 3. The van der Waals surface area contributed by atoms with Gasteiger partial charge in [0.2, 0.25) is 5.82 Å². The van der Waals surface area contributed by atoms with Gasteiger partial charge in [-0.25, -0.2) is 0 Å². The summed E-state index contributed by atoms with van der Waals surface area (Å²) in [6, 6.07) is 12.7. The van der Waals surface area contributed by atoms with E-state index in [0.29, 0.717) is 24.2 Å². The second-order valence-electron chi connectivity index (χ2n) is 8.32. The molecule has 0 amide bonds. The van der Waals surface area contributed by atoms with Gasteiger partial charge < -0.3 is 9.63 Å². The number of rotatable bonds is 7. The molecule has 2 heterocycles. The van der Waals surface area contributed by atoms with Gasteiger partial charge in [-0.1, -0.05) is 42.1 Å². The minimum Gasteiger partial charge on any atom is -0.512 e. The second-order valence-corrected chi connectivity index (χ2v) is 8.32. The van der Waals surface area contributed by atoms with Crippen molar-refractivity contribution in [1.82, 2.24) is 20.0 Å². The highest BCUT2D eigenvalue weighted by Gasteiger charge is 2.34. The fourth-order valence-electron chi connectivity index (χ4n) is 3.86. The van der Waals surface area contributed by atoms with Gasteiger partial charge in [0.1, 0.15) is 0 Å². The molecule has 2 aromatic carbocycles. The number of aryl methyl sites for hydroxylation is 1. The molecule has 0 fully saturated rings. The Kier molecular flexibility index (Phi) is 6.70. The minimum atomic E-state index is -4.57. The standard InChI is InChI=1S/C26H23F3N4O2/c1-16-6-4-5-7-21(16)22-9-8-19(11-23(22)26(27,28)29)25-31-24(32-35-25)20-10-18(12-30-13-20)15-33(3)14-17(2)34/h4-13,34H,2,14-15H2,1,3H3. The molecule has 0 unspecified atom stereocenters. The van der Waals surface area contributed by atoms with E-state index in [1.165, 1.54) is 6.07 Å². The molecule has 180 valence electrons. The summed E-state index contributed by atoms with van der Waals surface area (Å²) in [5.41, 5.74) is 2.12. The van der Waals surface area contributed by atoms with Gasteiger partial charge in [0.05, 0.1) is 17.9 Å². The first-order valence-corrected chi connectivity index (χ1v) is 10.7. The molecule has 4 rings (SSSR count). The molecule has 0 saturated heterocycles. The molecule has 0 spiro atoms. The van der Waals surface area contributed by atoms with Crippen LogP contribution in [0.5, 0.6) is 0 Å². The summed E-state index contributed by atoms with van der Waals surface area (Å²) >= 11 is 0. The lowest BCUT2D eigenvalue weighted by Crippen LogP contribution is -2.20. The number of aliphatic hydroxyl groups is 1. The Balaban J connectivity index is 1.66. The number of hydrogen-bond acceptors (Lipinski definition) is 6. The van der Waals surface area contributed by atoms with Crippen molar-refractivity contribution in [3.63, 3.8) is 0 Å². The van der Waals surface area contributed by atoms with E-state index in [0.717, 1.165) is 17.2 Å². The van der Waals surface area contributed by atoms with E-state index in [1.807, 2.05) is 11.9 Å². The van der Waals surface area contributed by atoms with Gasteiger partial charge in [-0.05, 0) is 54.4 Å². The fraction of sp³-hybridized carbons (Fsp3) is 0.192. The zero-order valence-electron chi connectivity index (χ0n) is 19.2. The SMILES string of the molecule is C=C(O)CN(C)Cc1cncc(-c2noc(-c3ccc(-c4ccccc4C)c(C(F)(F)F)c3)n2)c1. The molecule has 35 heavy (non-hydrogen) atoms. The summed E-state index contributed by atoms with van der Waals surface area (Å²) in [4.78, 5) is 10.3. The van der Waals surface area contributed by atoms with Crippen LogP contribution in [0, 0.1) is 6.92 Å². The Hall–Kier alpha value is -3.98. The van der Waals surface area contributed by atoms with Crippen molar-refractivity contribution in [2.45, 2.75) is 19.6 Å². The highest BCUT2D eigenvalue weighted by atomic mass is 19.4. The lowest BCUT2D eigenvalue weighted by atomic mass is 9.94. The van der Waals surface area contributed by atoms with Crippen LogP contribution in [0.1, 0.15) is 16.7 Å². The predicted octanol–water partition coefficient (Wildman–Crippen LogP) is 6.30. The molecule has 9 heteroatoms. The molecule has 0 aliphatic carbocycles. The van der Waals surface area contributed by atoms with Gasteiger partial charge in [-0.2, -0.15) is 18.2 Å². The van der Waals surface area contributed by atoms with E-state index in [9.17, 15) is 18.3 Å². The van der Waals surface area contributed by atoms with Crippen molar-refractivity contribution >= 4 is 0 Å². The van der Waals surface area contributed by atoms with Crippen LogP contribution in [0.25, 0.3) is 34.0 Å². The lowest BCUT2D eigenvalue weighted by molar-refractivity contribution is -0.137. The van der Waals surface area contributed by atoms with E-state index in [4.69, 9.17) is 4.52 Å². The average Bonchev–Trinajstić information content (AvgIpc) is 3.28. The maximum absolute atomic E-state index is 14.0. The molecule has 0 aliphatic heterocycles. The van der Waals surface area contributed by atoms with Crippen molar-refractivity contribution in [2.75, 3.05) is 13.6 Å². The third-order valence-corrected chi connectivity index (χ3v) is 5.39. The summed E-state index contributed by atoms with van der Waals surface area (Å²) in [5.74, 6) is 0.229. The summed E-state index contributed by atoms with van der Waals surface area (Å²) in [6.45, 7) is 6.04. The van der Waals surface area contributed by atoms with Crippen LogP contribution >= 0.6 is 0 Å². The molecule has 0 atom stereocenters. The maximum atomic E-state index is 14.0. The molecule has 0 saturated carbocycles. The predicted molar refractivity (Wildman–Crippen MR) is 126 cm³/mol. The van der Waals surface area contributed by atoms with Gasteiger partial charge in [0.15, 0.2) is 0 Å². The smallest absolute Gasteiger partial charge is 0.417 e. The molecule has 0 aliphatic rings. The van der Waals surface area contributed by atoms with E-state index in [2.05, 4.69) is 21.7 Å². The van der Waals surface area contributed by atoms with Crippen LogP contribution in [0.4, 0.5) is 13.2 Å². The van der Waals surface area contributed by atoms with Crippen LogP contribution in [-0.4, -0.2) is 38.7 Å². The quantitative estimate of drug-likeness (QED) is 0.313. The van der Waals surface area contributed by atoms with Gasteiger partial charge in [0, 0.05) is 30.1 Å². The lowest BCUT2D eigenvalue weighted by Gasteiger charge is -2.15. The number of nitrogens with zero attached hydrogens (tertiary/aromatic N) is 4. The summed E-state index contributed by atoms with van der Waals surface area (Å²) < 4.78 is 47.2. The second kappa shape index (κ2) is 9.71. The number of likely N-dealkylation sites (N-methyl/N-ethyl adjacent to an activating group) is 1. The maximum Gasteiger partial charge on any atom is 0.417 e. The topological polar surface area (TPSA) is 75.3 Å². The Morgan fingerprint density at radius 1 is 1.06 bits per heavy atom. The Bertz CT molecular complexity index is 1360. The van der Waals surface area contributed by atoms with Crippen molar-refractivity contribution < 1.29 is 22.8 Å². The molecule has 1 N–H and O–H groups in total. The monoisotopic (exact) mass is 480 g/mol. The molecular weight excluding hydrogens is 457 g/mol. The number of hydrogen-bond donors (Lipinski definition) is 1. The third-order valence-electron chi connectivity index (χ3n) is 5.39. The van der Waals surface area contributed by atoms with Crippen molar-refractivity contribution in [3.05, 3.63) is 90.0 Å². The molecular formula is C26H23F3N4O2.